The molecule has 3 amide bonds. The normalized spacial score (nSPS) is 24.1. The molecule has 108 valence electrons. The van der Waals surface area contributed by atoms with E-state index in [1.165, 1.54) is 4.90 Å². The molecule has 1 heterocycles. The average Bonchev–Trinajstić information content (AvgIpc) is 2.70. The first-order chi connectivity index (χ1) is 9.49. The van der Waals surface area contributed by atoms with Crippen molar-refractivity contribution >= 4 is 27.9 Å². The molecule has 0 saturated carbocycles. The minimum atomic E-state index is -0.323. The zero-order valence-corrected chi connectivity index (χ0v) is 13.5. The van der Waals surface area contributed by atoms with E-state index in [9.17, 15) is 9.59 Å². The van der Waals surface area contributed by atoms with Crippen LogP contribution in [0.2, 0.25) is 0 Å². The quantitative estimate of drug-likeness (QED) is 0.794. The van der Waals surface area contributed by atoms with Crippen LogP contribution in [0.15, 0.2) is 30.3 Å². The molecule has 2 rings (SSSR count). The Kier molecular flexibility index (Phi) is 4.48. The number of rotatable bonds is 3. The van der Waals surface area contributed by atoms with Crippen molar-refractivity contribution < 1.29 is 9.59 Å². The van der Waals surface area contributed by atoms with Crippen molar-refractivity contribution in [3.8, 4) is 0 Å². The lowest BCUT2D eigenvalue weighted by atomic mass is 10.00. The van der Waals surface area contributed by atoms with Gasteiger partial charge in [-0.2, -0.15) is 0 Å². The van der Waals surface area contributed by atoms with Gasteiger partial charge in [-0.1, -0.05) is 53.2 Å². The average molecular weight is 339 g/mol. The maximum Gasteiger partial charge on any atom is 0.327 e. The van der Waals surface area contributed by atoms with E-state index in [1.54, 1.807) is 11.9 Å². The van der Waals surface area contributed by atoms with Gasteiger partial charge in [-0.15, -0.1) is 0 Å². The van der Waals surface area contributed by atoms with E-state index in [0.717, 1.165) is 5.56 Å². The molecule has 1 aliphatic rings. The van der Waals surface area contributed by atoms with Crippen LogP contribution in [0.3, 0.4) is 0 Å². The maximum atomic E-state index is 12.5. The van der Waals surface area contributed by atoms with Gasteiger partial charge in [0.1, 0.15) is 0 Å². The Hall–Kier alpha value is -1.36. The smallest absolute Gasteiger partial charge is 0.322 e. The van der Waals surface area contributed by atoms with Crippen molar-refractivity contribution in [2.24, 2.45) is 0 Å². The summed E-state index contributed by atoms with van der Waals surface area (Å²) in [4.78, 5) is 27.6. The number of amides is 3. The van der Waals surface area contributed by atoms with Gasteiger partial charge in [0.05, 0.1) is 16.9 Å². The summed E-state index contributed by atoms with van der Waals surface area (Å²) >= 11 is 3.36. The topological polar surface area (TPSA) is 40.6 Å². The summed E-state index contributed by atoms with van der Waals surface area (Å²) in [6.07, 6.45) is 0.655. The highest BCUT2D eigenvalue weighted by Gasteiger charge is 2.46. The largest absolute Gasteiger partial charge is 0.327 e. The van der Waals surface area contributed by atoms with E-state index in [2.05, 4.69) is 15.9 Å². The van der Waals surface area contributed by atoms with Crippen molar-refractivity contribution in [1.29, 1.82) is 0 Å². The van der Waals surface area contributed by atoms with Crippen LogP contribution >= 0.6 is 15.9 Å². The van der Waals surface area contributed by atoms with Gasteiger partial charge < -0.3 is 4.90 Å². The SMILES string of the molecule is CC[C@H](Br)C(=O)N1C(=O)N(C)[C@@H](C)[C@H]1c1ccccc1. The molecule has 0 spiro atoms. The van der Waals surface area contributed by atoms with Crippen molar-refractivity contribution in [3.05, 3.63) is 35.9 Å². The Morgan fingerprint density at radius 2 is 1.95 bits per heavy atom. The number of hydrogen-bond donors (Lipinski definition) is 0. The Morgan fingerprint density at radius 1 is 1.35 bits per heavy atom. The third-order valence-corrected chi connectivity index (χ3v) is 4.90. The Morgan fingerprint density at radius 3 is 2.50 bits per heavy atom. The molecule has 0 unspecified atom stereocenters. The van der Waals surface area contributed by atoms with Crippen LogP contribution in [0, 0.1) is 0 Å². The van der Waals surface area contributed by atoms with Gasteiger partial charge in [-0.3, -0.25) is 9.69 Å². The summed E-state index contributed by atoms with van der Waals surface area (Å²) in [7, 11) is 1.74. The highest BCUT2D eigenvalue weighted by molar-refractivity contribution is 9.10. The third kappa shape index (κ3) is 2.46. The number of imide groups is 1. The highest BCUT2D eigenvalue weighted by Crippen LogP contribution is 2.35. The van der Waals surface area contributed by atoms with Crippen LogP contribution in [-0.2, 0) is 4.79 Å². The zero-order valence-electron chi connectivity index (χ0n) is 11.9. The molecule has 1 aromatic carbocycles. The Labute approximate surface area is 127 Å². The number of carbonyl (C=O) groups excluding carboxylic acids is 2. The van der Waals surface area contributed by atoms with Crippen LogP contribution in [0.4, 0.5) is 4.79 Å². The molecule has 1 fully saturated rings. The fraction of sp³-hybridized carbons (Fsp3) is 0.467. The molecular formula is C15H19BrN2O2. The molecule has 0 aromatic heterocycles. The van der Waals surface area contributed by atoms with Gasteiger partial charge in [-0.25, -0.2) is 4.79 Å². The molecule has 20 heavy (non-hydrogen) atoms. The van der Waals surface area contributed by atoms with E-state index in [-0.39, 0.29) is 28.8 Å². The van der Waals surface area contributed by atoms with Gasteiger partial charge in [0.2, 0.25) is 5.91 Å². The van der Waals surface area contributed by atoms with Gasteiger partial charge in [0, 0.05) is 7.05 Å². The summed E-state index contributed by atoms with van der Waals surface area (Å²) in [5, 5.41) is 0. The lowest BCUT2D eigenvalue weighted by molar-refractivity contribution is -0.128. The van der Waals surface area contributed by atoms with Gasteiger partial charge >= 0.3 is 6.03 Å². The summed E-state index contributed by atoms with van der Waals surface area (Å²) in [6, 6.07) is 9.22. The maximum absolute atomic E-state index is 12.5. The number of halogens is 1. The van der Waals surface area contributed by atoms with Gasteiger partial charge in [0.15, 0.2) is 0 Å². The fourth-order valence-electron chi connectivity index (χ4n) is 2.53. The molecule has 0 radical (unpaired) electrons. The van der Waals surface area contributed by atoms with E-state index >= 15 is 0 Å². The fourth-order valence-corrected chi connectivity index (χ4v) is 2.75. The number of carbonyl (C=O) groups is 2. The first-order valence-corrected chi connectivity index (χ1v) is 7.69. The summed E-state index contributed by atoms with van der Waals surface area (Å²) in [5.41, 5.74) is 0.988. The number of urea groups is 1. The lowest BCUT2D eigenvalue weighted by Crippen LogP contribution is -2.40. The van der Waals surface area contributed by atoms with E-state index in [0.29, 0.717) is 6.42 Å². The van der Waals surface area contributed by atoms with Gasteiger partial charge in [0.25, 0.3) is 0 Å². The molecule has 0 N–H and O–H groups in total. The molecular weight excluding hydrogens is 320 g/mol. The van der Waals surface area contributed by atoms with E-state index in [4.69, 9.17) is 0 Å². The van der Waals surface area contributed by atoms with Crippen LogP contribution in [0.25, 0.3) is 0 Å². The first-order valence-electron chi connectivity index (χ1n) is 6.77. The van der Waals surface area contributed by atoms with Crippen molar-refractivity contribution in [2.45, 2.75) is 37.2 Å². The third-order valence-electron chi connectivity index (χ3n) is 3.86. The highest BCUT2D eigenvalue weighted by atomic mass is 79.9. The summed E-state index contributed by atoms with van der Waals surface area (Å²) < 4.78 is 0. The van der Waals surface area contributed by atoms with E-state index in [1.807, 2.05) is 44.2 Å². The van der Waals surface area contributed by atoms with Crippen LogP contribution in [-0.4, -0.2) is 39.7 Å². The zero-order chi connectivity index (χ0) is 14.9. The Bertz CT molecular complexity index is 506. The predicted molar refractivity (Wildman–Crippen MR) is 81.7 cm³/mol. The van der Waals surface area contributed by atoms with Crippen LogP contribution < -0.4 is 0 Å². The second-order valence-corrected chi connectivity index (χ2v) is 6.18. The molecule has 3 atom stereocenters. The van der Waals surface area contributed by atoms with E-state index < -0.39 is 0 Å². The predicted octanol–water partition coefficient (Wildman–Crippen LogP) is 3.18. The Balaban J connectivity index is 2.40. The molecule has 5 heteroatoms. The number of alkyl halides is 1. The van der Waals surface area contributed by atoms with Crippen LogP contribution in [0.5, 0.6) is 0 Å². The summed E-state index contributed by atoms with van der Waals surface area (Å²) in [5.74, 6) is -0.164. The molecule has 0 aliphatic carbocycles. The second-order valence-electron chi connectivity index (χ2n) is 5.07. The molecule has 1 aromatic rings. The second kappa shape index (κ2) is 5.95. The minimum absolute atomic E-state index is 0.0367. The summed E-state index contributed by atoms with van der Waals surface area (Å²) in [6.45, 7) is 3.89. The molecule has 4 nitrogen and oxygen atoms in total. The molecule has 1 saturated heterocycles. The van der Waals surface area contributed by atoms with Crippen molar-refractivity contribution in [2.75, 3.05) is 7.05 Å². The molecule has 1 aliphatic heterocycles. The monoisotopic (exact) mass is 338 g/mol. The lowest BCUT2D eigenvalue weighted by Gasteiger charge is -2.25. The number of hydrogen-bond acceptors (Lipinski definition) is 2. The number of benzene rings is 1. The minimum Gasteiger partial charge on any atom is -0.322 e. The van der Waals surface area contributed by atoms with Crippen LogP contribution in [0.1, 0.15) is 31.9 Å². The van der Waals surface area contributed by atoms with Crippen molar-refractivity contribution in [1.82, 2.24) is 9.80 Å². The number of likely N-dealkylation sites (N-methyl/N-ethyl adjacent to an activating group) is 1. The van der Waals surface area contributed by atoms with Gasteiger partial charge in [-0.05, 0) is 18.9 Å². The number of nitrogens with zero attached hydrogens (tertiary/aromatic N) is 2. The standard InChI is InChI=1S/C15H19BrN2O2/c1-4-12(16)14(19)18-13(10(2)17(3)15(18)20)11-8-6-5-7-9-11/h5-10,12-13H,4H2,1-3H3/t10-,12-,13-/m0/s1. The molecule has 0 bridgehead atoms. The van der Waals surface area contributed by atoms with Crippen molar-refractivity contribution in [3.63, 3.8) is 0 Å². The first kappa shape index (κ1) is 15.0.